The van der Waals surface area contributed by atoms with E-state index in [-0.39, 0.29) is 23.8 Å². The molecule has 2 heterocycles. The van der Waals surface area contributed by atoms with Gasteiger partial charge in [-0.2, -0.15) is 0 Å². The summed E-state index contributed by atoms with van der Waals surface area (Å²) in [5.41, 5.74) is 1.14. The molecule has 1 aliphatic rings. The molecule has 35 heavy (non-hydrogen) atoms. The van der Waals surface area contributed by atoms with E-state index in [1.807, 2.05) is 23.1 Å². The lowest BCUT2D eigenvalue weighted by atomic mass is 10.2. The zero-order chi connectivity index (χ0) is 24.6. The van der Waals surface area contributed by atoms with Gasteiger partial charge >= 0.3 is 0 Å². The summed E-state index contributed by atoms with van der Waals surface area (Å²) in [5, 5.41) is 11.6. The molecule has 0 aliphatic carbocycles. The van der Waals surface area contributed by atoms with E-state index >= 15 is 0 Å². The van der Waals surface area contributed by atoms with Crippen molar-refractivity contribution in [3.63, 3.8) is 0 Å². The maximum atomic E-state index is 13.9. The van der Waals surface area contributed by atoms with Crippen molar-refractivity contribution in [2.45, 2.75) is 18.2 Å². The van der Waals surface area contributed by atoms with Gasteiger partial charge in [-0.3, -0.25) is 9.59 Å². The van der Waals surface area contributed by atoms with Gasteiger partial charge in [0.2, 0.25) is 5.91 Å². The second-order valence-electron chi connectivity index (χ2n) is 7.95. The molecule has 1 aromatic heterocycles. The van der Waals surface area contributed by atoms with E-state index in [0.29, 0.717) is 30.6 Å². The number of thioether (sulfide) groups is 1. The smallest absolute Gasteiger partial charge is 0.254 e. The molecular weight excluding hydrogens is 467 g/mol. The minimum Gasteiger partial charge on any atom is -0.368 e. The van der Waals surface area contributed by atoms with Gasteiger partial charge in [-0.15, -0.1) is 16.8 Å². The van der Waals surface area contributed by atoms with Crippen LogP contribution in [0.25, 0.3) is 0 Å². The zero-order valence-corrected chi connectivity index (χ0v) is 20.1. The summed E-state index contributed by atoms with van der Waals surface area (Å²) in [7, 11) is 0. The first-order valence-electron chi connectivity index (χ1n) is 11.3. The van der Waals surface area contributed by atoms with Crippen LogP contribution in [0.15, 0.2) is 72.4 Å². The Hall–Kier alpha value is -3.66. The number of aromatic nitrogens is 3. The molecule has 1 N–H and O–H groups in total. The normalized spacial score (nSPS) is 13.5. The summed E-state index contributed by atoms with van der Waals surface area (Å²) in [5.74, 6) is -0.333. The van der Waals surface area contributed by atoms with Gasteiger partial charge in [0.05, 0.1) is 17.9 Å². The number of rotatable bonds is 9. The minimum absolute atomic E-state index is 0.0326. The predicted molar refractivity (Wildman–Crippen MR) is 134 cm³/mol. The fraction of sp³-hybridized carbons (Fsp3) is 0.280. The Bertz CT molecular complexity index is 1180. The molecule has 8 nitrogen and oxygen atoms in total. The van der Waals surface area contributed by atoms with Crippen molar-refractivity contribution < 1.29 is 14.0 Å². The number of nitrogens with zero attached hydrogens (tertiary/aromatic N) is 5. The van der Waals surface area contributed by atoms with Crippen molar-refractivity contribution >= 4 is 29.3 Å². The predicted octanol–water partition coefficient (Wildman–Crippen LogP) is 2.97. The average molecular weight is 495 g/mol. The topological polar surface area (TPSA) is 83.4 Å². The number of para-hydroxylation sites is 1. The standard InChI is InChI=1S/C25H27FN6O2S/c1-2-12-32-22(17-27-24(34)20-10-6-7-11-21(20)26)28-29-25(32)35-18-23(33)31-15-13-30(14-16-31)19-8-4-3-5-9-19/h2-11H,1,12-18H2,(H,27,34). The summed E-state index contributed by atoms with van der Waals surface area (Å²) in [6.45, 7) is 7.18. The van der Waals surface area contributed by atoms with Crippen LogP contribution in [-0.4, -0.2) is 63.4 Å². The molecular formula is C25H27FN6O2S. The van der Waals surface area contributed by atoms with Crippen molar-refractivity contribution in [3.05, 3.63) is 84.5 Å². The lowest BCUT2D eigenvalue weighted by Gasteiger charge is -2.36. The maximum absolute atomic E-state index is 13.9. The van der Waals surface area contributed by atoms with E-state index in [1.54, 1.807) is 16.7 Å². The van der Waals surface area contributed by atoms with E-state index in [9.17, 15) is 14.0 Å². The van der Waals surface area contributed by atoms with Crippen molar-refractivity contribution in [1.29, 1.82) is 0 Å². The molecule has 2 amide bonds. The first-order chi connectivity index (χ1) is 17.1. The maximum Gasteiger partial charge on any atom is 0.254 e. The fourth-order valence-electron chi connectivity index (χ4n) is 3.84. The monoisotopic (exact) mass is 494 g/mol. The Morgan fingerprint density at radius 3 is 2.46 bits per heavy atom. The van der Waals surface area contributed by atoms with Crippen LogP contribution >= 0.6 is 11.8 Å². The summed E-state index contributed by atoms with van der Waals surface area (Å²) < 4.78 is 15.6. The Kier molecular flexibility index (Phi) is 8.15. The van der Waals surface area contributed by atoms with Crippen LogP contribution < -0.4 is 10.2 Å². The van der Waals surface area contributed by atoms with Gasteiger partial charge < -0.3 is 19.7 Å². The first kappa shape index (κ1) is 24.5. The average Bonchev–Trinajstić information content (AvgIpc) is 3.28. The number of carbonyl (C=O) groups excluding carboxylic acids is 2. The highest BCUT2D eigenvalue weighted by Gasteiger charge is 2.22. The van der Waals surface area contributed by atoms with Gasteiger partial charge in [0.25, 0.3) is 5.91 Å². The third kappa shape index (κ3) is 6.07. The SMILES string of the molecule is C=CCn1c(CNC(=O)c2ccccc2F)nnc1SCC(=O)N1CCN(c2ccccc2)CC1. The summed E-state index contributed by atoms with van der Waals surface area (Å²) in [6, 6.07) is 16.0. The molecule has 0 spiro atoms. The molecule has 0 radical (unpaired) electrons. The van der Waals surface area contributed by atoms with Crippen LogP contribution in [0.4, 0.5) is 10.1 Å². The van der Waals surface area contributed by atoms with Gasteiger partial charge in [-0.1, -0.05) is 48.2 Å². The molecule has 1 saturated heterocycles. The number of amides is 2. The lowest BCUT2D eigenvalue weighted by molar-refractivity contribution is -0.128. The first-order valence-corrected chi connectivity index (χ1v) is 12.3. The Morgan fingerprint density at radius 2 is 1.74 bits per heavy atom. The third-order valence-corrected chi connectivity index (χ3v) is 6.66. The number of anilines is 1. The van der Waals surface area contributed by atoms with Gasteiger partial charge in [0, 0.05) is 38.4 Å². The van der Waals surface area contributed by atoms with Gasteiger partial charge in [-0.05, 0) is 24.3 Å². The zero-order valence-electron chi connectivity index (χ0n) is 19.3. The minimum atomic E-state index is -0.586. The quantitative estimate of drug-likeness (QED) is 0.364. The number of halogens is 1. The molecule has 3 aromatic rings. The van der Waals surface area contributed by atoms with E-state index in [1.165, 1.54) is 35.6 Å². The van der Waals surface area contributed by atoms with E-state index in [4.69, 9.17) is 0 Å². The number of hydrogen-bond acceptors (Lipinski definition) is 6. The van der Waals surface area contributed by atoms with E-state index < -0.39 is 11.7 Å². The highest BCUT2D eigenvalue weighted by atomic mass is 32.2. The number of piperazine rings is 1. The number of benzene rings is 2. The Balaban J connectivity index is 1.31. The Morgan fingerprint density at radius 1 is 1.03 bits per heavy atom. The van der Waals surface area contributed by atoms with Crippen molar-refractivity contribution in [2.24, 2.45) is 0 Å². The van der Waals surface area contributed by atoms with Crippen molar-refractivity contribution in [1.82, 2.24) is 25.0 Å². The molecule has 0 unspecified atom stereocenters. The molecule has 1 fully saturated rings. The fourth-order valence-corrected chi connectivity index (χ4v) is 4.71. The highest BCUT2D eigenvalue weighted by Crippen LogP contribution is 2.20. The summed E-state index contributed by atoms with van der Waals surface area (Å²) >= 11 is 1.30. The number of nitrogens with one attached hydrogen (secondary N) is 1. The van der Waals surface area contributed by atoms with Crippen LogP contribution in [0.5, 0.6) is 0 Å². The van der Waals surface area contributed by atoms with E-state index in [0.717, 1.165) is 13.1 Å². The molecule has 4 rings (SSSR count). The van der Waals surface area contributed by atoms with E-state index in [2.05, 4.69) is 39.1 Å². The summed E-state index contributed by atoms with van der Waals surface area (Å²) in [6.07, 6.45) is 1.69. The molecule has 2 aromatic carbocycles. The van der Waals surface area contributed by atoms with Gasteiger partial charge in [0.1, 0.15) is 5.82 Å². The molecule has 10 heteroatoms. The summed E-state index contributed by atoms with van der Waals surface area (Å²) in [4.78, 5) is 29.3. The second-order valence-corrected chi connectivity index (χ2v) is 8.90. The number of hydrogen-bond donors (Lipinski definition) is 1. The molecule has 0 atom stereocenters. The van der Waals surface area contributed by atoms with Crippen molar-refractivity contribution in [2.75, 3.05) is 36.8 Å². The van der Waals surface area contributed by atoms with Gasteiger partial charge in [0.15, 0.2) is 11.0 Å². The molecule has 1 aliphatic heterocycles. The van der Waals surface area contributed by atoms with Gasteiger partial charge in [-0.25, -0.2) is 4.39 Å². The van der Waals surface area contributed by atoms with Crippen LogP contribution in [0, 0.1) is 5.82 Å². The highest BCUT2D eigenvalue weighted by molar-refractivity contribution is 7.99. The van der Waals surface area contributed by atoms with Crippen molar-refractivity contribution in [3.8, 4) is 0 Å². The van der Waals surface area contributed by atoms with Crippen LogP contribution in [0.1, 0.15) is 16.2 Å². The lowest BCUT2D eigenvalue weighted by Crippen LogP contribution is -2.49. The molecule has 0 bridgehead atoms. The second kappa shape index (κ2) is 11.7. The van der Waals surface area contributed by atoms with Crippen LogP contribution in [-0.2, 0) is 17.9 Å². The molecule has 182 valence electrons. The van der Waals surface area contributed by atoms with Crippen LogP contribution in [0.3, 0.4) is 0 Å². The largest absolute Gasteiger partial charge is 0.368 e. The Labute approximate surface area is 207 Å². The molecule has 0 saturated carbocycles. The van der Waals surface area contributed by atoms with Crippen LogP contribution in [0.2, 0.25) is 0 Å². The number of carbonyl (C=O) groups is 2. The number of allylic oxidation sites excluding steroid dienone is 1. The third-order valence-electron chi connectivity index (χ3n) is 5.71.